The predicted octanol–water partition coefficient (Wildman–Crippen LogP) is 4.62. The highest BCUT2D eigenvalue weighted by molar-refractivity contribution is 7.15. The first-order valence-electron chi connectivity index (χ1n) is 7.05. The summed E-state index contributed by atoms with van der Waals surface area (Å²) in [5, 5.41) is 16.6. The van der Waals surface area contributed by atoms with Gasteiger partial charge in [0, 0.05) is 5.56 Å². The average molecular weight is 383 g/mol. The molecule has 3 aromatic rings. The molecule has 6 nitrogen and oxygen atoms in total. The Balaban J connectivity index is 1.99. The summed E-state index contributed by atoms with van der Waals surface area (Å²) in [4.78, 5) is 12.7. The summed E-state index contributed by atoms with van der Waals surface area (Å²) < 4.78 is 5.18. The second kappa shape index (κ2) is 6.88. The smallest absolute Gasteiger partial charge is 0.263 e. The molecule has 0 aliphatic rings. The quantitative estimate of drug-likeness (QED) is 0.711. The number of hydrogen-bond acceptors (Lipinski definition) is 6. The Labute approximate surface area is 151 Å². The topological polar surface area (TPSA) is 80.9 Å². The molecule has 0 aliphatic carbocycles. The summed E-state index contributed by atoms with van der Waals surface area (Å²) in [5.74, 6) is -0.0442. The van der Waals surface area contributed by atoms with Gasteiger partial charge in [-0.2, -0.15) is 0 Å². The summed E-state index contributed by atoms with van der Waals surface area (Å²) in [6.07, 6.45) is 0.750. The molecule has 1 aromatic carbocycles. The molecule has 0 aliphatic heterocycles. The van der Waals surface area contributed by atoms with Crippen LogP contribution in [0.5, 0.6) is 0 Å². The van der Waals surface area contributed by atoms with Crippen molar-refractivity contribution in [3.8, 4) is 11.3 Å². The van der Waals surface area contributed by atoms with E-state index in [1.807, 2.05) is 6.92 Å². The van der Waals surface area contributed by atoms with E-state index in [0.29, 0.717) is 32.2 Å². The third kappa shape index (κ3) is 3.15. The van der Waals surface area contributed by atoms with Crippen LogP contribution < -0.4 is 5.32 Å². The molecule has 0 saturated heterocycles. The highest BCUT2D eigenvalue weighted by atomic mass is 35.5. The zero-order valence-electron chi connectivity index (χ0n) is 12.8. The minimum absolute atomic E-state index is 0.262. The molecular formula is C15H12Cl2N4O2S. The molecule has 0 saturated carbocycles. The number of hydrogen-bond donors (Lipinski definition) is 1. The number of rotatable bonds is 4. The molecule has 24 heavy (non-hydrogen) atoms. The van der Waals surface area contributed by atoms with Gasteiger partial charge in [0.15, 0.2) is 0 Å². The fourth-order valence-corrected chi connectivity index (χ4v) is 3.39. The van der Waals surface area contributed by atoms with Gasteiger partial charge in [0.05, 0.1) is 10.0 Å². The van der Waals surface area contributed by atoms with E-state index in [1.165, 1.54) is 11.3 Å². The Morgan fingerprint density at radius 3 is 2.62 bits per heavy atom. The average Bonchev–Trinajstić information content (AvgIpc) is 3.14. The molecule has 2 heterocycles. The maximum Gasteiger partial charge on any atom is 0.263 e. The molecule has 0 atom stereocenters. The van der Waals surface area contributed by atoms with Crippen molar-refractivity contribution in [1.82, 2.24) is 15.4 Å². The lowest BCUT2D eigenvalue weighted by Crippen LogP contribution is -2.13. The zero-order valence-corrected chi connectivity index (χ0v) is 15.1. The second-order valence-corrected chi connectivity index (χ2v) is 6.74. The van der Waals surface area contributed by atoms with Gasteiger partial charge in [0.1, 0.15) is 22.0 Å². The maximum atomic E-state index is 12.7. The number of carbonyl (C=O) groups excluding carboxylic acids is 1. The number of aryl methyl sites for hydroxylation is 2. The van der Waals surface area contributed by atoms with E-state index >= 15 is 0 Å². The molecule has 1 N–H and O–H groups in total. The van der Waals surface area contributed by atoms with Crippen LogP contribution in [-0.4, -0.2) is 21.3 Å². The first-order valence-corrected chi connectivity index (χ1v) is 8.62. The molecule has 1 amide bonds. The normalized spacial score (nSPS) is 10.8. The zero-order chi connectivity index (χ0) is 17.3. The first kappa shape index (κ1) is 16.9. The van der Waals surface area contributed by atoms with Crippen LogP contribution in [-0.2, 0) is 6.42 Å². The van der Waals surface area contributed by atoms with Crippen LogP contribution in [0.4, 0.5) is 5.13 Å². The van der Waals surface area contributed by atoms with Crippen molar-refractivity contribution in [2.24, 2.45) is 0 Å². The van der Waals surface area contributed by atoms with Gasteiger partial charge in [-0.3, -0.25) is 10.1 Å². The van der Waals surface area contributed by atoms with Crippen molar-refractivity contribution >= 4 is 45.6 Å². The van der Waals surface area contributed by atoms with Gasteiger partial charge in [-0.1, -0.05) is 52.7 Å². The van der Waals surface area contributed by atoms with Gasteiger partial charge in [-0.25, -0.2) is 0 Å². The van der Waals surface area contributed by atoms with Crippen molar-refractivity contribution in [3.05, 3.63) is 44.6 Å². The summed E-state index contributed by atoms with van der Waals surface area (Å²) in [6, 6.07) is 5.06. The predicted molar refractivity (Wildman–Crippen MR) is 93.9 cm³/mol. The highest BCUT2D eigenvalue weighted by Gasteiger charge is 2.25. The first-order chi connectivity index (χ1) is 11.5. The fraction of sp³-hybridized carbons (Fsp3) is 0.200. The van der Waals surface area contributed by atoms with Crippen molar-refractivity contribution < 1.29 is 9.32 Å². The van der Waals surface area contributed by atoms with E-state index in [9.17, 15) is 4.79 Å². The molecule has 2 aromatic heterocycles. The standard InChI is InChI=1S/C15H12Cl2N4O2S/c1-3-10-19-20-15(24-10)18-14(22)11-7(2)23-21-13(11)12-8(16)5-4-6-9(12)17/h4-6H,3H2,1-2H3,(H,18,20,22). The number of anilines is 1. The lowest BCUT2D eigenvalue weighted by atomic mass is 10.1. The number of halogens is 2. The number of nitrogens with zero attached hydrogens (tertiary/aromatic N) is 3. The summed E-state index contributed by atoms with van der Waals surface area (Å²) in [6.45, 7) is 3.61. The SMILES string of the molecule is CCc1nnc(NC(=O)c2c(-c3c(Cl)cccc3Cl)noc2C)s1. The van der Waals surface area contributed by atoms with Crippen LogP contribution in [0, 0.1) is 6.92 Å². The third-order valence-electron chi connectivity index (χ3n) is 3.28. The van der Waals surface area contributed by atoms with E-state index < -0.39 is 5.91 Å². The number of amides is 1. The van der Waals surface area contributed by atoms with Gasteiger partial charge in [0.25, 0.3) is 5.91 Å². The molecule has 0 unspecified atom stereocenters. The lowest BCUT2D eigenvalue weighted by molar-refractivity contribution is 0.102. The Kier molecular flexibility index (Phi) is 4.84. The molecule has 0 spiro atoms. The number of nitrogens with one attached hydrogen (secondary N) is 1. The monoisotopic (exact) mass is 382 g/mol. The Hall–Kier alpha value is -1.96. The molecular weight excluding hydrogens is 371 g/mol. The van der Waals surface area contributed by atoms with Crippen LogP contribution in [0.25, 0.3) is 11.3 Å². The van der Waals surface area contributed by atoms with Crippen molar-refractivity contribution in [2.45, 2.75) is 20.3 Å². The molecule has 0 fully saturated rings. The Morgan fingerprint density at radius 1 is 1.29 bits per heavy atom. The maximum absolute atomic E-state index is 12.7. The van der Waals surface area contributed by atoms with Gasteiger partial charge in [-0.05, 0) is 25.5 Å². The van der Waals surface area contributed by atoms with Gasteiger partial charge in [0.2, 0.25) is 5.13 Å². The molecule has 0 bridgehead atoms. The van der Waals surface area contributed by atoms with Gasteiger partial charge in [-0.15, -0.1) is 10.2 Å². The van der Waals surface area contributed by atoms with Crippen LogP contribution in [0.15, 0.2) is 22.7 Å². The van der Waals surface area contributed by atoms with E-state index in [-0.39, 0.29) is 5.56 Å². The molecule has 124 valence electrons. The molecule has 0 radical (unpaired) electrons. The Bertz CT molecular complexity index is 887. The Morgan fingerprint density at radius 2 is 2.00 bits per heavy atom. The highest BCUT2D eigenvalue weighted by Crippen LogP contribution is 2.37. The largest absolute Gasteiger partial charge is 0.360 e. The minimum atomic E-state index is -0.404. The van der Waals surface area contributed by atoms with Gasteiger partial charge >= 0.3 is 0 Å². The summed E-state index contributed by atoms with van der Waals surface area (Å²) in [7, 11) is 0. The minimum Gasteiger partial charge on any atom is -0.360 e. The number of benzene rings is 1. The number of aromatic nitrogens is 3. The van der Waals surface area contributed by atoms with Crippen LogP contribution in [0.1, 0.15) is 28.0 Å². The van der Waals surface area contributed by atoms with Crippen LogP contribution >= 0.6 is 34.5 Å². The summed E-state index contributed by atoms with van der Waals surface area (Å²) >= 11 is 13.7. The van der Waals surface area contributed by atoms with Crippen molar-refractivity contribution in [3.63, 3.8) is 0 Å². The van der Waals surface area contributed by atoms with E-state index in [1.54, 1.807) is 25.1 Å². The van der Waals surface area contributed by atoms with E-state index in [0.717, 1.165) is 11.4 Å². The molecule has 9 heteroatoms. The van der Waals surface area contributed by atoms with Crippen LogP contribution in [0.2, 0.25) is 10.0 Å². The van der Waals surface area contributed by atoms with E-state index in [4.69, 9.17) is 27.7 Å². The van der Waals surface area contributed by atoms with E-state index in [2.05, 4.69) is 20.7 Å². The lowest BCUT2D eigenvalue weighted by Gasteiger charge is -2.06. The van der Waals surface area contributed by atoms with Crippen LogP contribution in [0.3, 0.4) is 0 Å². The second-order valence-electron chi connectivity index (χ2n) is 4.87. The summed E-state index contributed by atoms with van der Waals surface area (Å²) in [5.41, 5.74) is 1.01. The molecule has 3 rings (SSSR count). The van der Waals surface area contributed by atoms with Crippen molar-refractivity contribution in [2.75, 3.05) is 5.32 Å². The fourth-order valence-electron chi connectivity index (χ4n) is 2.14. The number of carbonyl (C=O) groups is 1. The van der Waals surface area contributed by atoms with Crippen molar-refractivity contribution in [1.29, 1.82) is 0 Å². The third-order valence-corrected chi connectivity index (χ3v) is 4.89. The van der Waals surface area contributed by atoms with Gasteiger partial charge < -0.3 is 4.52 Å².